The number of rotatable bonds is 3. The highest BCUT2D eigenvalue weighted by Gasteiger charge is 2.15. The number of hydrogen-bond acceptors (Lipinski definition) is 5. The van der Waals surface area contributed by atoms with Crippen LogP contribution in [0.5, 0.6) is 5.88 Å². The van der Waals surface area contributed by atoms with Crippen molar-refractivity contribution in [3.63, 3.8) is 0 Å². The summed E-state index contributed by atoms with van der Waals surface area (Å²) in [7, 11) is 1.49. The van der Waals surface area contributed by atoms with E-state index in [0.717, 1.165) is 0 Å². The number of nitrogens with two attached hydrogens (primary N) is 1. The van der Waals surface area contributed by atoms with Gasteiger partial charge in [-0.2, -0.15) is 4.98 Å². The predicted octanol–water partition coefficient (Wildman–Crippen LogP) is 5.86. The van der Waals surface area contributed by atoms with Gasteiger partial charge >= 0.3 is 0 Å². The third kappa shape index (κ3) is 6.69. The second-order valence-electron chi connectivity index (χ2n) is 6.62. The number of ether oxygens (including phenoxy) is 1. The van der Waals surface area contributed by atoms with Crippen LogP contribution in [-0.2, 0) is 12.8 Å². The van der Waals surface area contributed by atoms with Gasteiger partial charge in [-0.05, 0) is 61.6 Å². The van der Waals surface area contributed by atoms with E-state index in [9.17, 15) is 0 Å². The molecule has 1 aromatic heterocycles. The fraction of sp³-hybridized carbons (Fsp3) is 0.250. The van der Waals surface area contributed by atoms with Gasteiger partial charge in [0.25, 0.3) is 0 Å². The SMILES string of the molecule is C=Cc1nc(-c2ccc(Cl)cc2Cl)c(OC)nc1N.CCO.c1ccc2c(c1)CCC2. The lowest BCUT2D eigenvalue weighted by Crippen LogP contribution is -2.03. The molecule has 0 unspecified atom stereocenters. The molecule has 31 heavy (non-hydrogen) atoms. The Morgan fingerprint density at radius 3 is 2.26 bits per heavy atom. The standard InChI is InChI=1S/C13H11Cl2N3O.C9H10.C2H6O/c1-3-10-12(16)18-13(19-2)11(17-10)8-5-4-7(14)6-9(8)15;1-2-5-9-7-3-6-8(9)4-1;1-2-3/h3-6H,1H2,2H3,(H2,16,18);1-2,4-5H,3,6-7H2;3H,2H2,1H3. The van der Waals surface area contributed by atoms with Gasteiger partial charge in [-0.25, -0.2) is 4.98 Å². The van der Waals surface area contributed by atoms with Crippen LogP contribution in [0, 0.1) is 0 Å². The Morgan fingerprint density at radius 1 is 1.13 bits per heavy atom. The van der Waals surface area contributed by atoms with E-state index < -0.39 is 0 Å². The van der Waals surface area contributed by atoms with E-state index in [4.69, 9.17) is 38.8 Å². The third-order valence-electron chi connectivity index (χ3n) is 4.50. The second kappa shape index (κ2) is 12.3. The Morgan fingerprint density at radius 2 is 1.74 bits per heavy atom. The summed E-state index contributed by atoms with van der Waals surface area (Å²) in [5, 5.41) is 8.57. The van der Waals surface area contributed by atoms with Crippen molar-refractivity contribution in [1.29, 1.82) is 0 Å². The molecular weight excluding hydrogens is 433 g/mol. The zero-order chi connectivity index (χ0) is 22.8. The minimum atomic E-state index is 0.250. The highest BCUT2D eigenvalue weighted by molar-refractivity contribution is 6.36. The number of nitrogens with zero attached hydrogens (tertiary/aromatic N) is 2. The van der Waals surface area contributed by atoms with Crippen LogP contribution in [0.25, 0.3) is 17.3 Å². The highest BCUT2D eigenvalue weighted by Crippen LogP contribution is 2.34. The molecule has 0 aliphatic heterocycles. The van der Waals surface area contributed by atoms with Crippen molar-refractivity contribution in [1.82, 2.24) is 9.97 Å². The number of methoxy groups -OCH3 is 1. The van der Waals surface area contributed by atoms with E-state index in [2.05, 4.69) is 40.8 Å². The summed E-state index contributed by atoms with van der Waals surface area (Å²) in [6.07, 6.45) is 5.49. The summed E-state index contributed by atoms with van der Waals surface area (Å²) in [5.41, 5.74) is 10.5. The number of benzene rings is 2. The van der Waals surface area contributed by atoms with E-state index in [1.807, 2.05) is 0 Å². The van der Waals surface area contributed by atoms with Gasteiger partial charge in [0.05, 0.1) is 12.1 Å². The maximum absolute atomic E-state index is 7.57. The van der Waals surface area contributed by atoms with Gasteiger partial charge in [0.1, 0.15) is 11.4 Å². The number of nitrogen functional groups attached to an aromatic ring is 1. The summed E-state index contributed by atoms with van der Waals surface area (Å²) in [4.78, 5) is 8.50. The highest BCUT2D eigenvalue weighted by atomic mass is 35.5. The zero-order valence-electron chi connectivity index (χ0n) is 17.7. The molecule has 0 atom stereocenters. The molecule has 4 rings (SSSR count). The molecule has 7 heteroatoms. The molecule has 1 aliphatic carbocycles. The molecule has 0 radical (unpaired) electrons. The van der Waals surface area contributed by atoms with Crippen LogP contribution in [-0.4, -0.2) is 28.8 Å². The van der Waals surface area contributed by atoms with Crippen LogP contribution < -0.4 is 10.5 Å². The van der Waals surface area contributed by atoms with E-state index in [1.54, 1.807) is 36.2 Å². The first kappa shape index (κ1) is 24.7. The quantitative estimate of drug-likeness (QED) is 0.512. The van der Waals surface area contributed by atoms with Gasteiger partial charge in [-0.1, -0.05) is 54.0 Å². The van der Waals surface area contributed by atoms with E-state index in [0.29, 0.717) is 32.9 Å². The lowest BCUT2D eigenvalue weighted by Gasteiger charge is -2.11. The minimum Gasteiger partial charge on any atom is -0.479 e. The Bertz CT molecular complexity index is 1000. The Hall–Kier alpha value is -2.60. The predicted molar refractivity (Wildman–Crippen MR) is 130 cm³/mol. The second-order valence-corrected chi connectivity index (χ2v) is 7.46. The molecule has 0 saturated carbocycles. The Balaban J connectivity index is 0.000000234. The minimum absolute atomic E-state index is 0.250. The molecule has 3 aromatic rings. The number of aryl methyl sites for hydroxylation is 2. The van der Waals surface area contributed by atoms with Crippen molar-refractivity contribution in [3.8, 4) is 17.1 Å². The van der Waals surface area contributed by atoms with Gasteiger partial charge in [-0.15, -0.1) is 0 Å². The number of halogens is 2. The Labute approximate surface area is 193 Å². The molecule has 0 amide bonds. The van der Waals surface area contributed by atoms with E-state index in [-0.39, 0.29) is 12.4 Å². The summed E-state index contributed by atoms with van der Waals surface area (Å²) in [6.45, 7) is 5.57. The number of aliphatic hydroxyl groups is 1. The summed E-state index contributed by atoms with van der Waals surface area (Å²) < 4.78 is 5.19. The first-order valence-electron chi connectivity index (χ1n) is 9.92. The van der Waals surface area contributed by atoms with Crippen LogP contribution in [0.15, 0.2) is 49.0 Å². The summed E-state index contributed by atoms with van der Waals surface area (Å²) >= 11 is 12.0. The van der Waals surface area contributed by atoms with Crippen LogP contribution in [0.3, 0.4) is 0 Å². The van der Waals surface area contributed by atoms with Gasteiger partial charge in [0, 0.05) is 17.2 Å². The topological polar surface area (TPSA) is 81.3 Å². The largest absolute Gasteiger partial charge is 0.479 e. The van der Waals surface area contributed by atoms with Crippen molar-refractivity contribution in [2.75, 3.05) is 19.5 Å². The van der Waals surface area contributed by atoms with E-state index >= 15 is 0 Å². The molecule has 1 heterocycles. The molecule has 0 fully saturated rings. The molecule has 3 N–H and O–H groups in total. The lowest BCUT2D eigenvalue weighted by atomic mass is 10.1. The maximum atomic E-state index is 7.57. The van der Waals surface area contributed by atoms with Gasteiger partial charge < -0.3 is 15.6 Å². The fourth-order valence-corrected chi connectivity index (χ4v) is 3.61. The molecular formula is C24H27Cl2N3O2. The first-order valence-corrected chi connectivity index (χ1v) is 10.7. The zero-order valence-corrected chi connectivity index (χ0v) is 19.2. The van der Waals surface area contributed by atoms with Crippen molar-refractivity contribution in [2.24, 2.45) is 0 Å². The number of anilines is 1. The average molecular weight is 460 g/mol. The molecule has 1 aliphatic rings. The van der Waals surface area contributed by atoms with Gasteiger partial charge in [0.2, 0.25) is 5.88 Å². The third-order valence-corrected chi connectivity index (χ3v) is 5.05. The Kier molecular flexibility index (Phi) is 9.79. The monoisotopic (exact) mass is 459 g/mol. The van der Waals surface area contributed by atoms with Crippen LogP contribution in [0.4, 0.5) is 5.82 Å². The number of fused-ring (bicyclic) bond motifs is 1. The van der Waals surface area contributed by atoms with Crippen molar-refractivity contribution < 1.29 is 9.84 Å². The lowest BCUT2D eigenvalue weighted by molar-refractivity contribution is 0.318. The van der Waals surface area contributed by atoms with Gasteiger partial charge in [0.15, 0.2) is 5.82 Å². The fourth-order valence-electron chi connectivity index (χ4n) is 3.11. The number of hydrogen-bond donors (Lipinski definition) is 2. The molecule has 0 spiro atoms. The smallest absolute Gasteiger partial charge is 0.242 e. The number of aliphatic hydroxyl groups excluding tert-OH is 1. The van der Waals surface area contributed by atoms with Crippen LogP contribution >= 0.6 is 23.2 Å². The molecule has 0 bridgehead atoms. The maximum Gasteiger partial charge on any atom is 0.242 e. The average Bonchev–Trinajstić information content (AvgIpc) is 3.24. The van der Waals surface area contributed by atoms with Crippen molar-refractivity contribution >= 4 is 35.1 Å². The van der Waals surface area contributed by atoms with Crippen LogP contribution in [0.1, 0.15) is 30.2 Å². The van der Waals surface area contributed by atoms with E-state index in [1.165, 1.54) is 32.4 Å². The number of aromatic nitrogens is 2. The normalized spacial score (nSPS) is 11.4. The van der Waals surface area contributed by atoms with Crippen LogP contribution in [0.2, 0.25) is 10.0 Å². The van der Waals surface area contributed by atoms with Crippen molar-refractivity contribution in [3.05, 3.63) is 75.9 Å². The molecule has 0 saturated heterocycles. The molecule has 164 valence electrons. The van der Waals surface area contributed by atoms with Crippen molar-refractivity contribution in [2.45, 2.75) is 26.2 Å². The van der Waals surface area contributed by atoms with Gasteiger partial charge in [-0.3, -0.25) is 0 Å². The molecule has 5 nitrogen and oxygen atoms in total. The molecule has 2 aromatic carbocycles. The first-order chi connectivity index (χ1) is 14.9. The summed E-state index contributed by atoms with van der Waals surface area (Å²) in [5.74, 6) is 0.549. The summed E-state index contributed by atoms with van der Waals surface area (Å²) in [6, 6.07) is 13.8.